The quantitative estimate of drug-likeness (QED) is 0.162. The van der Waals surface area contributed by atoms with Crippen LogP contribution in [-0.4, -0.2) is 155 Å². The van der Waals surface area contributed by atoms with E-state index >= 15 is 0 Å². The van der Waals surface area contributed by atoms with Gasteiger partial charge in [0.15, 0.2) is 0 Å². The molecule has 44 heavy (non-hydrogen) atoms. The normalized spacial score (nSPS) is 17.4. The maximum Gasteiger partial charge on any atom is 0.320 e. The summed E-state index contributed by atoms with van der Waals surface area (Å²) in [6.45, 7) is 18.9. The molecule has 2 atom stereocenters. The molecule has 0 saturated carbocycles. The topological polar surface area (TPSA) is 179 Å². The molecular formula is C30H60N4O9S. The largest absolute Gasteiger partial charge is 0.483 e. The first kappa shape index (κ1) is 46.2. The molecule has 4 N–H and O–H groups in total. The lowest BCUT2D eigenvalue weighted by atomic mass is 9.79. The van der Waals surface area contributed by atoms with Crippen LogP contribution in [0.2, 0.25) is 0 Å². The van der Waals surface area contributed by atoms with Crippen molar-refractivity contribution in [3.05, 3.63) is 0 Å². The van der Waals surface area contributed by atoms with Crippen molar-refractivity contribution in [2.45, 2.75) is 67.3 Å². The zero-order valence-electron chi connectivity index (χ0n) is 28.1. The minimum absolute atomic E-state index is 0.0857. The number of carboxylic acids is 3. The molecule has 0 amide bonds. The average Bonchev–Trinajstić information content (AvgIpc) is 2.93. The molecule has 0 aromatic heterocycles. The number of rotatable bonds is 11. The van der Waals surface area contributed by atoms with Gasteiger partial charge in [0, 0.05) is 58.3 Å². The minimum atomic E-state index is -0.950. The third kappa shape index (κ3) is 25.1. The predicted molar refractivity (Wildman–Crippen MR) is 176 cm³/mol. The van der Waals surface area contributed by atoms with E-state index in [0.29, 0.717) is 64.7 Å². The third-order valence-corrected chi connectivity index (χ3v) is 7.39. The molecule has 0 aliphatic carbocycles. The maximum atomic E-state index is 12.3. The lowest BCUT2D eigenvalue weighted by Crippen LogP contribution is -2.51. The number of hydrogen-bond donors (Lipinski definition) is 5. The molecule has 13 nitrogen and oxygen atoms in total. The predicted octanol–water partition coefficient (Wildman–Crippen LogP) is 2.40. The molecule has 1 rings (SSSR count). The SMILES string of the molecule is CC(C)C=O.CCN1CCN(CC(=O)O)CCN(CC(=O)O)CCN(C(CCC(C)C(C)(C)C)C(=O)O)CC1.CS.O=CO. The molecule has 260 valence electrons. The van der Waals surface area contributed by atoms with E-state index < -0.39 is 23.9 Å². The average molecular weight is 653 g/mol. The summed E-state index contributed by atoms with van der Waals surface area (Å²) in [6, 6.07) is -0.623. The molecule has 1 aliphatic rings. The number of hydrogen-bond acceptors (Lipinski definition) is 10. The number of nitrogens with zero attached hydrogens (tertiary/aromatic N) is 4. The van der Waals surface area contributed by atoms with Crippen molar-refractivity contribution in [2.24, 2.45) is 17.3 Å². The Balaban J connectivity index is -0.00000147. The lowest BCUT2D eigenvalue weighted by molar-refractivity contribution is -0.144. The van der Waals surface area contributed by atoms with Crippen LogP contribution in [0.15, 0.2) is 0 Å². The molecular weight excluding hydrogens is 592 g/mol. The Morgan fingerprint density at radius 2 is 1.09 bits per heavy atom. The molecule has 1 aliphatic heterocycles. The van der Waals surface area contributed by atoms with Crippen molar-refractivity contribution >= 4 is 43.3 Å². The molecule has 2 unspecified atom stereocenters. The van der Waals surface area contributed by atoms with Gasteiger partial charge in [-0.15, -0.1) is 0 Å². The fourth-order valence-electron chi connectivity index (χ4n) is 4.18. The Hall–Kier alpha value is -2.26. The summed E-state index contributed by atoms with van der Waals surface area (Å²) in [4.78, 5) is 60.7. The van der Waals surface area contributed by atoms with Crippen LogP contribution in [-0.2, 0) is 24.0 Å². The number of carbonyl (C=O) groups excluding carboxylic acids is 1. The summed E-state index contributed by atoms with van der Waals surface area (Å²) in [7, 11) is 0. The molecule has 0 bridgehead atoms. The summed E-state index contributed by atoms with van der Waals surface area (Å²) in [5.74, 6) is -2.12. The van der Waals surface area contributed by atoms with E-state index in [1.807, 2.05) is 30.6 Å². The Bertz CT molecular complexity index is 797. The second kappa shape index (κ2) is 27.1. The van der Waals surface area contributed by atoms with Crippen LogP contribution < -0.4 is 0 Å². The van der Waals surface area contributed by atoms with Gasteiger partial charge in [-0.2, -0.15) is 12.6 Å². The van der Waals surface area contributed by atoms with E-state index in [-0.39, 0.29) is 30.9 Å². The van der Waals surface area contributed by atoms with E-state index in [9.17, 15) is 34.5 Å². The van der Waals surface area contributed by atoms with E-state index in [2.05, 4.69) is 45.2 Å². The van der Waals surface area contributed by atoms with Crippen molar-refractivity contribution in [1.29, 1.82) is 0 Å². The Kier molecular flexibility index (Phi) is 28.4. The van der Waals surface area contributed by atoms with E-state index in [0.717, 1.165) is 19.3 Å². The fourth-order valence-corrected chi connectivity index (χ4v) is 4.18. The highest BCUT2D eigenvalue weighted by molar-refractivity contribution is 7.79. The van der Waals surface area contributed by atoms with E-state index in [4.69, 9.17) is 9.90 Å². The molecule has 1 saturated heterocycles. The molecule has 0 aromatic carbocycles. The highest BCUT2D eigenvalue weighted by Crippen LogP contribution is 2.30. The Morgan fingerprint density at radius 3 is 1.39 bits per heavy atom. The molecule has 0 aromatic rings. The monoisotopic (exact) mass is 652 g/mol. The number of likely N-dealkylation sites (N-methyl/N-ethyl adjacent to an activating group) is 1. The smallest absolute Gasteiger partial charge is 0.320 e. The highest BCUT2D eigenvalue weighted by atomic mass is 32.1. The fraction of sp³-hybridized carbons (Fsp3) is 0.833. The van der Waals surface area contributed by atoms with Crippen LogP contribution in [0.4, 0.5) is 0 Å². The number of carbonyl (C=O) groups is 5. The summed E-state index contributed by atoms with van der Waals surface area (Å²) in [6.07, 6.45) is 3.96. The number of thiol groups is 1. The lowest BCUT2D eigenvalue weighted by Gasteiger charge is -2.36. The van der Waals surface area contributed by atoms with Gasteiger partial charge in [-0.1, -0.05) is 48.5 Å². The van der Waals surface area contributed by atoms with Gasteiger partial charge in [0.2, 0.25) is 0 Å². The third-order valence-electron chi connectivity index (χ3n) is 7.39. The number of aldehydes is 1. The van der Waals surface area contributed by atoms with Gasteiger partial charge in [-0.3, -0.25) is 33.9 Å². The van der Waals surface area contributed by atoms with Crippen LogP contribution in [0.3, 0.4) is 0 Å². The van der Waals surface area contributed by atoms with Gasteiger partial charge in [-0.05, 0) is 37.0 Å². The van der Waals surface area contributed by atoms with Gasteiger partial charge in [0.05, 0.1) is 13.1 Å². The second-order valence-corrected chi connectivity index (χ2v) is 12.0. The zero-order valence-corrected chi connectivity index (χ0v) is 29.0. The summed E-state index contributed by atoms with van der Waals surface area (Å²) < 4.78 is 0. The van der Waals surface area contributed by atoms with Crippen LogP contribution in [0, 0.1) is 17.3 Å². The molecule has 1 heterocycles. The van der Waals surface area contributed by atoms with Crippen molar-refractivity contribution in [1.82, 2.24) is 19.6 Å². The van der Waals surface area contributed by atoms with Gasteiger partial charge in [0.25, 0.3) is 6.47 Å². The van der Waals surface area contributed by atoms with Crippen LogP contribution >= 0.6 is 12.6 Å². The van der Waals surface area contributed by atoms with Gasteiger partial charge < -0.3 is 30.1 Å². The summed E-state index contributed by atoms with van der Waals surface area (Å²) >= 11 is 3.53. The first-order valence-corrected chi connectivity index (χ1v) is 16.0. The standard InChI is InChI=1S/C24H46N4O6.C4H8O.CH2O2.CH4S/c1-6-25-9-10-26(17-21(29)30)11-12-27(18-22(31)32)14-16-28(15-13-25)20(23(33)34)8-7-19(2)24(3,4)5;1-4(2)3-5;2-1-3;1-2/h19-20H,6-18H2,1-5H3,(H,29,30)(H,31,32)(H,33,34);3-4H,1-2H3;1H,(H,2,3);2H,1H3. The zero-order chi connectivity index (χ0) is 34.9. The van der Waals surface area contributed by atoms with Crippen LogP contribution in [0.25, 0.3) is 0 Å². The maximum absolute atomic E-state index is 12.3. The minimum Gasteiger partial charge on any atom is -0.483 e. The molecule has 14 heteroatoms. The van der Waals surface area contributed by atoms with Crippen molar-refractivity contribution in [3.8, 4) is 0 Å². The summed E-state index contributed by atoms with van der Waals surface area (Å²) in [5, 5.41) is 35.6. The second-order valence-electron chi connectivity index (χ2n) is 12.0. The number of aliphatic carboxylic acids is 3. The van der Waals surface area contributed by atoms with Gasteiger partial charge in [0.1, 0.15) is 12.3 Å². The molecule has 0 spiro atoms. The molecule has 1 fully saturated rings. The highest BCUT2D eigenvalue weighted by Gasteiger charge is 2.29. The number of carboxylic acid groups (broad SMARTS) is 4. The van der Waals surface area contributed by atoms with Crippen molar-refractivity contribution in [2.75, 3.05) is 78.2 Å². The van der Waals surface area contributed by atoms with Crippen LogP contribution in [0.5, 0.6) is 0 Å². The van der Waals surface area contributed by atoms with Crippen LogP contribution in [0.1, 0.15) is 61.3 Å². The van der Waals surface area contributed by atoms with Gasteiger partial charge >= 0.3 is 17.9 Å². The first-order chi connectivity index (χ1) is 20.5. The van der Waals surface area contributed by atoms with E-state index in [1.165, 1.54) is 0 Å². The Labute approximate surface area is 270 Å². The Morgan fingerprint density at radius 1 is 0.750 bits per heavy atom. The van der Waals surface area contributed by atoms with Gasteiger partial charge in [-0.25, -0.2) is 0 Å². The first-order valence-electron chi connectivity index (χ1n) is 15.1. The molecule has 0 radical (unpaired) electrons. The van der Waals surface area contributed by atoms with Crippen molar-refractivity contribution < 1.29 is 44.4 Å². The van der Waals surface area contributed by atoms with Crippen molar-refractivity contribution in [3.63, 3.8) is 0 Å². The van der Waals surface area contributed by atoms with E-state index in [1.54, 1.807) is 11.2 Å². The summed E-state index contributed by atoms with van der Waals surface area (Å²) in [5.41, 5.74) is 0.101.